The van der Waals surface area contributed by atoms with E-state index in [1.54, 1.807) is 22.8 Å². The molecule has 194 valence electrons. The molecule has 10 nitrogen and oxygen atoms in total. The molecule has 0 aliphatic carbocycles. The molecule has 3 heterocycles. The summed E-state index contributed by atoms with van der Waals surface area (Å²) in [5.41, 5.74) is 2.50. The van der Waals surface area contributed by atoms with Crippen LogP contribution in [0.1, 0.15) is 15.9 Å². The summed E-state index contributed by atoms with van der Waals surface area (Å²) in [4.78, 5) is 29.8. The normalized spacial score (nSPS) is 14.7. The fourth-order valence-electron chi connectivity index (χ4n) is 4.50. The maximum atomic E-state index is 13.3. The lowest BCUT2D eigenvalue weighted by Crippen LogP contribution is -2.29. The van der Waals surface area contributed by atoms with Gasteiger partial charge in [0.2, 0.25) is 6.79 Å². The van der Waals surface area contributed by atoms with Gasteiger partial charge in [-0.05, 0) is 42.3 Å². The minimum Gasteiger partial charge on any atom is -0.468 e. The minimum atomic E-state index is -3.78. The number of hydrogen-bond donors (Lipinski definition) is 0. The zero-order valence-electron chi connectivity index (χ0n) is 20.1. The van der Waals surface area contributed by atoms with Crippen molar-refractivity contribution in [3.8, 4) is 11.5 Å². The second-order valence-corrected chi connectivity index (χ2v) is 11.5. The van der Waals surface area contributed by atoms with Crippen LogP contribution in [0.25, 0.3) is 10.2 Å². The number of ether oxygens (including phenoxy) is 3. The van der Waals surface area contributed by atoms with Gasteiger partial charge >= 0.3 is 5.97 Å². The van der Waals surface area contributed by atoms with Gasteiger partial charge in [0.15, 0.2) is 16.3 Å². The van der Waals surface area contributed by atoms with Crippen LogP contribution < -0.4 is 18.6 Å². The van der Waals surface area contributed by atoms with E-state index in [-0.39, 0.29) is 28.6 Å². The monoisotopic (exact) mass is 551 g/mol. The zero-order chi connectivity index (χ0) is 26.4. The Morgan fingerprint density at radius 1 is 1.05 bits per heavy atom. The number of benzene rings is 3. The van der Waals surface area contributed by atoms with E-state index < -0.39 is 21.9 Å². The van der Waals surface area contributed by atoms with Gasteiger partial charge in [-0.3, -0.25) is 13.9 Å². The highest BCUT2D eigenvalue weighted by molar-refractivity contribution is 7.92. The number of fused-ring (bicyclic) bond motifs is 3. The molecule has 4 aromatic rings. The van der Waals surface area contributed by atoms with Gasteiger partial charge in [-0.25, -0.2) is 8.42 Å². The van der Waals surface area contributed by atoms with Crippen molar-refractivity contribution in [1.29, 1.82) is 0 Å². The first-order valence-corrected chi connectivity index (χ1v) is 13.9. The first-order valence-electron chi connectivity index (χ1n) is 11.6. The van der Waals surface area contributed by atoms with Gasteiger partial charge in [-0.1, -0.05) is 29.5 Å². The van der Waals surface area contributed by atoms with Crippen LogP contribution in [-0.4, -0.2) is 45.3 Å². The summed E-state index contributed by atoms with van der Waals surface area (Å²) in [6.45, 7) is 0.315. The number of para-hydroxylation sites is 1. The number of carbonyl (C=O) groups excluding carboxylic acids is 2. The number of anilines is 1. The molecule has 0 saturated heterocycles. The Hall–Kier alpha value is -4.16. The molecule has 1 amide bonds. The Balaban J connectivity index is 1.33. The predicted octanol–water partition coefficient (Wildman–Crippen LogP) is 3.10. The molecule has 0 unspecified atom stereocenters. The third kappa shape index (κ3) is 4.11. The van der Waals surface area contributed by atoms with Gasteiger partial charge in [0, 0.05) is 24.2 Å². The van der Waals surface area contributed by atoms with Crippen LogP contribution >= 0.6 is 11.3 Å². The predicted molar refractivity (Wildman–Crippen MR) is 139 cm³/mol. The number of amides is 1. The van der Waals surface area contributed by atoms with Crippen molar-refractivity contribution in [3.63, 3.8) is 0 Å². The lowest BCUT2D eigenvalue weighted by atomic mass is 10.2. The van der Waals surface area contributed by atoms with Crippen LogP contribution in [0, 0.1) is 0 Å². The summed E-state index contributed by atoms with van der Waals surface area (Å²) < 4.78 is 46.0. The van der Waals surface area contributed by atoms with Gasteiger partial charge in [-0.2, -0.15) is 4.99 Å². The number of methoxy groups -OCH3 is 1. The molecule has 2 aliphatic heterocycles. The molecule has 0 fully saturated rings. The third-order valence-electron chi connectivity index (χ3n) is 6.42. The first-order chi connectivity index (χ1) is 18.3. The summed E-state index contributed by atoms with van der Waals surface area (Å²) >= 11 is 1.21. The van der Waals surface area contributed by atoms with E-state index >= 15 is 0 Å². The highest BCUT2D eigenvalue weighted by Gasteiger charge is 2.30. The molecular formula is C26H21N3O7S2. The topological polar surface area (TPSA) is 117 Å². The Kier molecular flexibility index (Phi) is 5.92. The fourth-order valence-corrected chi connectivity index (χ4v) is 7.04. The van der Waals surface area contributed by atoms with Crippen LogP contribution in [0.15, 0.2) is 70.6 Å². The van der Waals surface area contributed by atoms with Gasteiger partial charge in [-0.15, -0.1) is 0 Å². The van der Waals surface area contributed by atoms with E-state index in [1.165, 1.54) is 47.0 Å². The van der Waals surface area contributed by atoms with Gasteiger partial charge < -0.3 is 18.8 Å². The fraction of sp³-hybridized carbons (Fsp3) is 0.192. The highest BCUT2D eigenvalue weighted by Crippen LogP contribution is 2.37. The van der Waals surface area contributed by atoms with Gasteiger partial charge in [0.25, 0.3) is 15.9 Å². The Morgan fingerprint density at radius 2 is 1.79 bits per heavy atom. The average molecular weight is 552 g/mol. The van der Waals surface area contributed by atoms with Crippen molar-refractivity contribution in [2.45, 2.75) is 17.9 Å². The Bertz CT molecular complexity index is 1770. The van der Waals surface area contributed by atoms with E-state index in [2.05, 4.69) is 4.99 Å². The second-order valence-electron chi connectivity index (χ2n) is 8.62. The van der Waals surface area contributed by atoms with Crippen LogP contribution in [0.2, 0.25) is 0 Å². The molecule has 2 aliphatic rings. The standard InChI is InChI=1S/C26H21N3O7S2/c1-34-24(30)14-28-20-12-21-22(36-15-35-21)13-23(20)37-26(28)27-25(31)17-6-8-18(9-7-17)38(32,33)29-11-10-16-4-2-3-5-19(16)29/h2-9,12-13H,10-11,14-15H2,1H3. The maximum Gasteiger partial charge on any atom is 0.325 e. The molecule has 12 heteroatoms. The Labute approximate surface area is 221 Å². The molecule has 6 rings (SSSR count). The first kappa shape index (κ1) is 24.2. The highest BCUT2D eigenvalue weighted by atomic mass is 32.2. The molecule has 0 spiro atoms. The number of sulfonamides is 1. The van der Waals surface area contributed by atoms with Crippen molar-refractivity contribution in [2.75, 3.05) is 24.8 Å². The van der Waals surface area contributed by atoms with E-state index in [9.17, 15) is 18.0 Å². The quantitative estimate of drug-likeness (QED) is 0.350. The van der Waals surface area contributed by atoms with Crippen molar-refractivity contribution >= 4 is 49.1 Å². The number of rotatable bonds is 5. The van der Waals surface area contributed by atoms with Crippen molar-refractivity contribution < 1.29 is 32.2 Å². The third-order valence-corrected chi connectivity index (χ3v) is 9.29. The van der Waals surface area contributed by atoms with Crippen molar-refractivity contribution in [3.05, 3.63) is 76.6 Å². The zero-order valence-corrected chi connectivity index (χ0v) is 21.8. The minimum absolute atomic E-state index is 0.0860. The Morgan fingerprint density at radius 3 is 2.55 bits per heavy atom. The average Bonchev–Trinajstić information content (AvgIpc) is 3.65. The summed E-state index contributed by atoms with van der Waals surface area (Å²) in [6.07, 6.45) is 0.646. The molecule has 1 aromatic heterocycles. The molecule has 0 saturated carbocycles. The molecule has 38 heavy (non-hydrogen) atoms. The molecule has 0 N–H and O–H groups in total. The van der Waals surface area contributed by atoms with Crippen LogP contribution in [0.3, 0.4) is 0 Å². The summed E-state index contributed by atoms with van der Waals surface area (Å²) in [6, 6.07) is 16.6. The van der Waals surface area contributed by atoms with E-state index in [0.29, 0.717) is 35.7 Å². The van der Waals surface area contributed by atoms with Crippen molar-refractivity contribution in [2.24, 2.45) is 4.99 Å². The second kappa shape index (κ2) is 9.30. The number of esters is 1. The SMILES string of the molecule is COC(=O)Cn1c(=NC(=O)c2ccc(S(=O)(=O)N3CCc4ccccc43)cc2)sc2cc3c(cc21)OCO3. The molecule has 0 bridgehead atoms. The summed E-state index contributed by atoms with van der Waals surface area (Å²) in [7, 11) is -2.50. The summed E-state index contributed by atoms with van der Waals surface area (Å²) in [5, 5.41) is 0. The number of hydrogen-bond acceptors (Lipinski definition) is 8. The largest absolute Gasteiger partial charge is 0.468 e. The molecule has 3 aromatic carbocycles. The number of aromatic nitrogens is 1. The van der Waals surface area contributed by atoms with E-state index in [4.69, 9.17) is 14.2 Å². The van der Waals surface area contributed by atoms with Crippen LogP contribution in [0.5, 0.6) is 11.5 Å². The van der Waals surface area contributed by atoms with Crippen LogP contribution in [0.4, 0.5) is 5.69 Å². The van der Waals surface area contributed by atoms with E-state index in [1.807, 2.05) is 18.2 Å². The van der Waals surface area contributed by atoms with Crippen molar-refractivity contribution in [1.82, 2.24) is 4.57 Å². The maximum absolute atomic E-state index is 13.3. The number of nitrogens with zero attached hydrogens (tertiary/aromatic N) is 3. The molecule has 0 atom stereocenters. The van der Waals surface area contributed by atoms with Crippen LogP contribution in [-0.2, 0) is 32.5 Å². The molecular weight excluding hydrogens is 530 g/mol. The number of thiazole rings is 1. The van der Waals surface area contributed by atoms with Gasteiger partial charge in [0.05, 0.1) is 27.9 Å². The smallest absolute Gasteiger partial charge is 0.325 e. The molecule has 0 radical (unpaired) electrons. The number of carbonyl (C=O) groups is 2. The lowest BCUT2D eigenvalue weighted by Gasteiger charge is -2.19. The van der Waals surface area contributed by atoms with Gasteiger partial charge in [0.1, 0.15) is 6.54 Å². The lowest BCUT2D eigenvalue weighted by molar-refractivity contribution is -0.141. The van der Waals surface area contributed by atoms with E-state index in [0.717, 1.165) is 10.3 Å². The summed E-state index contributed by atoms with van der Waals surface area (Å²) in [5.74, 6) is 0.0171.